The van der Waals surface area contributed by atoms with Crippen molar-refractivity contribution in [1.82, 2.24) is 14.8 Å². The molecule has 3 rings (SSSR count). The minimum Gasteiger partial charge on any atom is -0.306 e. The van der Waals surface area contributed by atoms with Crippen LogP contribution in [0.5, 0.6) is 0 Å². The summed E-state index contributed by atoms with van der Waals surface area (Å²) < 4.78 is 2.16. The van der Waals surface area contributed by atoms with Gasteiger partial charge in [0.15, 0.2) is 10.9 Å². The van der Waals surface area contributed by atoms with Crippen LogP contribution in [0.2, 0.25) is 5.02 Å². The molecule has 110 valence electrons. The summed E-state index contributed by atoms with van der Waals surface area (Å²) in [5.41, 5.74) is 0.683. The predicted molar refractivity (Wildman–Crippen MR) is 84.1 cm³/mol. The molecular formula is C15H16ClN3OS. The van der Waals surface area contributed by atoms with Gasteiger partial charge in [0.05, 0.1) is 5.75 Å². The molecule has 1 aromatic carbocycles. The number of rotatable bonds is 4. The fourth-order valence-corrected chi connectivity index (χ4v) is 3.42. The van der Waals surface area contributed by atoms with Crippen molar-refractivity contribution < 1.29 is 4.79 Å². The molecule has 2 aromatic rings. The Morgan fingerprint density at radius 1 is 1.19 bits per heavy atom. The molecule has 0 aliphatic carbocycles. The van der Waals surface area contributed by atoms with Crippen LogP contribution in [0.25, 0.3) is 0 Å². The molecule has 1 aliphatic rings. The fraction of sp³-hybridized carbons (Fsp3) is 0.400. The van der Waals surface area contributed by atoms with Gasteiger partial charge in [-0.15, -0.1) is 10.2 Å². The van der Waals surface area contributed by atoms with Crippen LogP contribution < -0.4 is 0 Å². The third-order valence-corrected chi connectivity index (χ3v) is 4.79. The average molecular weight is 322 g/mol. The van der Waals surface area contributed by atoms with E-state index in [2.05, 4.69) is 14.8 Å². The van der Waals surface area contributed by atoms with E-state index in [9.17, 15) is 4.79 Å². The maximum absolute atomic E-state index is 12.2. The molecule has 0 fully saturated rings. The normalized spacial score (nSPS) is 14.5. The molecule has 6 heteroatoms. The topological polar surface area (TPSA) is 47.8 Å². The molecule has 0 N–H and O–H groups in total. The van der Waals surface area contributed by atoms with Crippen molar-refractivity contribution in [2.24, 2.45) is 0 Å². The second-order valence-electron chi connectivity index (χ2n) is 5.08. The number of aryl methyl sites for hydroxylation is 1. The Balaban J connectivity index is 1.66. The lowest BCUT2D eigenvalue weighted by atomic mass is 10.1. The number of fused-ring (bicyclic) bond motifs is 1. The summed E-state index contributed by atoms with van der Waals surface area (Å²) in [6, 6.07) is 7.00. The molecule has 0 amide bonds. The van der Waals surface area contributed by atoms with Crippen LogP contribution in [0.4, 0.5) is 0 Å². The molecule has 0 saturated heterocycles. The van der Waals surface area contributed by atoms with Crippen molar-refractivity contribution in [3.8, 4) is 0 Å². The van der Waals surface area contributed by atoms with E-state index in [1.165, 1.54) is 24.6 Å². The number of thioether (sulfide) groups is 1. The minimum absolute atomic E-state index is 0.0858. The van der Waals surface area contributed by atoms with E-state index in [4.69, 9.17) is 11.6 Å². The van der Waals surface area contributed by atoms with Gasteiger partial charge in [0.2, 0.25) is 0 Å². The van der Waals surface area contributed by atoms with Gasteiger partial charge in [-0.1, -0.05) is 29.8 Å². The van der Waals surface area contributed by atoms with Gasteiger partial charge in [-0.3, -0.25) is 4.79 Å². The standard InChI is InChI=1S/C15H16ClN3OS/c16-12-7-5-11(6-8-12)13(20)10-21-15-18-17-14-4-2-1-3-9-19(14)15/h5-8H,1-4,9-10H2. The second kappa shape index (κ2) is 6.62. The molecule has 21 heavy (non-hydrogen) atoms. The summed E-state index contributed by atoms with van der Waals surface area (Å²) in [7, 11) is 0. The molecule has 0 radical (unpaired) electrons. The Morgan fingerprint density at radius 3 is 2.81 bits per heavy atom. The molecule has 0 atom stereocenters. The van der Waals surface area contributed by atoms with Gasteiger partial charge in [-0.2, -0.15) is 0 Å². The van der Waals surface area contributed by atoms with Crippen molar-refractivity contribution in [2.75, 3.05) is 5.75 Å². The fourth-order valence-electron chi connectivity index (χ4n) is 2.41. The number of hydrogen-bond donors (Lipinski definition) is 0. The lowest BCUT2D eigenvalue weighted by Gasteiger charge is -2.06. The quantitative estimate of drug-likeness (QED) is 0.637. The molecule has 1 aromatic heterocycles. The van der Waals surface area contributed by atoms with Crippen molar-refractivity contribution >= 4 is 29.1 Å². The molecule has 2 heterocycles. The predicted octanol–water partition coefficient (Wildman–Crippen LogP) is 3.63. The van der Waals surface area contributed by atoms with E-state index in [1.807, 2.05) is 0 Å². The van der Waals surface area contributed by atoms with Crippen molar-refractivity contribution in [1.29, 1.82) is 0 Å². The maximum Gasteiger partial charge on any atom is 0.191 e. The van der Waals surface area contributed by atoms with E-state index in [0.29, 0.717) is 16.3 Å². The first-order valence-corrected chi connectivity index (χ1v) is 8.44. The Bertz CT molecular complexity index is 639. The van der Waals surface area contributed by atoms with Crippen LogP contribution in [0.1, 0.15) is 35.4 Å². The number of halogens is 1. The first kappa shape index (κ1) is 14.6. The van der Waals surface area contributed by atoms with Gasteiger partial charge in [-0.05, 0) is 37.1 Å². The average Bonchev–Trinajstić information content (AvgIpc) is 2.72. The van der Waals surface area contributed by atoms with Gasteiger partial charge in [0.1, 0.15) is 5.82 Å². The van der Waals surface area contributed by atoms with E-state index in [1.54, 1.807) is 24.3 Å². The van der Waals surface area contributed by atoms with E-state index >= 15 is 0 Å². The molecule has 0 unspecified atom stereocenters. The van der Waals surface area contributed by atoms with Crippen molar-refractivity contribution in [3.63, 3.8) is 0 Å². The molecular weight excluding hydrogens is 306 g/mol. The molecule has 1 aliphatic heterocycles. The third kappa shape index (κ3) is 3.47. The van der Waals surface area contributed by atoms with Crippen LogP contribution in [-0.2, 0) is 13.0 Å². The van der Waals surface area contributed by atoms with Gasteiger partial charge in [0, 0.05) is 23.6 Å². The van der Waals surface area contributed by atoms with E-state index in [-0.39, 0.29) is 5.78 Å². The molecule has 0 saturated carbocycles. The largest absolute Gasteiger partial charge is 0.306 e. The smallest absolute Gasteiger partial charge is 0.191 e. The number of aromatic nitrogens is 3. The molecule has 4 nitrogen and oxygen atoms in total. The number of ketones is 1. The van der Waals surface area contributed by atoms with Crippen LogP contribution in [0.15, 0.2) is 29.4 Å². The van der Waals surface area contributed by atoms with E-state index in [0.717, 1.165) is 30.4 Å². The zero-order valence-electron chi connectivity index (χ0n) is 11.6. The Labute approximate surface area is 132 Å². The first-order chi connectivity index (χ1) is 10.2. The Hall–Kier alpha value is -1.33. The highest BCUT2D eigenvalue weighted by Gasteiger charge is 2.16. The van der Waals surface area contributed by atoms with Gasteiger partial charge in [0.25, 0.3) is 0 Å². The zero-order chi connectivity index (χ0) is 14.7. The van der Waals surface area contributed by atoms with Crippen LogP contribution in [0, 0.1) is 0 Å². The number of benzene rings is 1. The number of nitrogens with zero attached hydrogens (tertiary/aromatic N) is 3. The van der Waals surface area contributed by atoms with Gasteiger partial charge < -0.3 is 4.57 Å². The third-order valence-electron chi connectivity index (χ3n) is 3.57. The summed E-state index contributed by atoms with van der Waals surface area (Å²) in [5.74, 6) is 1.51. The molecule has 0 bridgehead atoms. The van der Waals surface area contributed by atoms with Crippen LogP contribution in [-0.4, -0.2) is 26.3 Å². The minimum atomic E-state index is 0.0858. The summed E-state index contributed by atoms with van der Waals surface area (Å²) in [4.78, 5) is 12.2. The summed E-state index contributed by atoms with van der Waals surface area (Å²) in [6.45, 7) is 0.958. The Kier molecular flexibility index (Phi) is 4.60. The van der Waals surface area contributed by atoms with Crippen molar-refractivity contribution in [3.05, 3.63) is 40.7 Å². The lowest BCUT2D eigenvalue weighted by Crippen LogP contribution is -2.06. The van der Waals surface area contributed by atoms with Crippen LogP contribution in [0.3, 0.4) is 0 Å². The van der Waals surface area contributed by atoms with E-state index < -0.39 is 0 Å². The summed E-state index contributed by atoms with van der Waals surface area (Å²) in [5, 5.41) is 9.96. The highest BCUT2D eigenvalue weighted by molar-refractivity contribution is 7.99. The first-order valence-electron chi connectivity index (χ1n) is 7.08. The summed E-state index contributed by atoms with van der Waals surface area (Å²) >= 11 is 7.30. The van der Waals surface area contributed by atoms with Gasteiger partial charge >= 0.3 is 0 Å². The number of carbonyl (C=O) groups is 1. The summed E-state index contributed by atoms with van der Waals surface area (Å²) in [6.07, 6.45) is 4.55. The van der Waals surface area contributed by atoms with Crippen molar-refractivity contribution in [2.45, 2.75) is 37.4 Å². The Morgan fingerprint density at radius 2 is 2.00 bits per heavy atom. The van der Waals surface area contributed by atoms with Gasteiger partial charge in [-0.25, -0.2) is 0 Å². The molecule has 0 spiro atoms. The number of carbonyl (C=O) groups excluding carboxylic acids is 1. The monoisotopic (exact) mass is 321 g/mol. The number of hydrogen-bond acceptors (Lipinski definition) is 4. The highest BCUT2D eigenvalue weighted by atomic mass is 35.5. The highest BCUT2D eigenvalue weighted by Crippen LogP contribution is 2.22. The number of Topliss-reactive ketones (excluding diaryl/α,β-unsaturated/α-hetero) is 1. The maximum atomic E-state index is 12.2. The SMILES string of the molecule is O=C(CSc1nnc2n1CCCCC2)c1ccc(Cl)cc1. The van der Waals surface area contributed by atoms with Crippen LogP contribution >= 0.6 is 23.4 Å². The second-order valence-corrected chi connectivity index (χ2v) is 6.46. The zero-order valence-corrected chi connectivity index (χ0v) is 13.2. The lowest BCUT2D eigenvalue weighted by molar-refractivity contribution is 0.102.